The molecule has 0 aromatic heterocycles. The molecule has 2 fully saturated rings. The van der Waals surface area contributed by atoms with Gasteiger partial charge in [0.15, 0.2) is 9.84 Å². The second-order valence-corrected chi connectivity index (χ2v) is 5.56. The molecule has 0 unspecified atom stereocenters. The summed E-state index contributed by atoms with van der Waals surface area (Å²) in [4.78, 5) is 1.25. The molecule has 0 amide bonds. The standard InChI is InChI=1S/C6H11NO3S/c8-6-4-11(9,10)3-5(6)7-1-2-7/h5-6,8H,1-4H2/p+1/t5-,6-/m1/s1. The first-order chi connectivity index (χ1) is 5.08. The molecule has 0 aromatic rings. The number of sulfone groups is 1. The van der Waals surface area contributed by atoms with Crippen molar-refractivity contribution in [3.8, 4) is 0 Å². The summed E-state index contributed by atoms with van der Waals surface area (Å²) in [5.74, 6) is 0.157. The fourth-order valence-corrected chi connectivity index (χ4v) is 3.56. The van der Waals surface area contributed by atoms with Gasteiger partial charge in [-0.05, 0) is 0 Å². The van der Waals surface area contributed by atoms with Crippen molar-refractivity contribution in [1.82, 2.24) is 0 Å². The van der Waals surface area contributed by atoms with Crippen molar-refractivity contribution in [3.05, 3.63) is 0 Å². The van der Waals surface area contributed by atoms with Gasteiger partial charge in [0.05, 0.1) is 5.75 Å². The highest BCUT2D eigenvalue weighted by molar-refractivity contribution is 7.91. The lowest BCUT2D eigenvalue weighted by molar-refractivity contribution is -0.790. The lowest BCUT2D eigenvalue weighted by atomic mass is 10.2. The van der Waals surface area contributed by atoms with Gasteiger partial charge in [0.1, 0.15) is 31.0 Å². The molecule has 11 heavy (non-hydrogen) atoms. The summed E-state index contributed by atoms with van der Waals surface area (Å²) in [6.07, 6.45) is -0.613. The maximum atomic E-state index is 11.0. The summed E-state index contributed by atoms with van der Waals surface area (Å²) in [5, 5.41) is 9.33. The van der Waals surface area contributed by atoms with Gasteiger partial charge < -0.3 is 10.0 Å². The molecule has 4 nitrogen and oxygen atoms in total. The Bertz CT molecular complexity index is 257. The molecule has 2 saturated heterocycles. The minimum Gasteiger partial charge on any atom is -0.386 e. The average Bonchev–Trinajstić information content (AvgIpc) is 2.59. The van der Waals surface area contributed by atoms with Gasteiger partial charge in [-0.3, -0.25) is 0 Å². The van der Waals surface area contributed by atoms with Crippen molar-refractivity contribution >= 4 is 9.84 Å². The summed E-state index contributed by atoms with van der Waals surface area (Å²) < 4.78 is 22.0. The van der Waals surface area contributed by atoms with E-state index in [1.807, 2.05) is 0 Å². The summed E-state index contributed by atoms with van der Waals surface area (Å²) in [7, 11) is -2.92. The topological polar surface area (TPSA) is 58.8 Å². The molecule has 0 aromatic carbocycles. The number of aliphatic hydroxyl groups excluding tert-OH is 1. The van der Waals surface area contributed by atoms with Crippen molar-refractivity contribution in [3.63, 3.8) is 0 Å². The third-order valence-corrected chi connectivity index (χ3v) is 4.10. The number of nitrogens with one attached hydrogen (secondary N) is 1. The predicted molar refractivity (Wildman–Crippen MR) is 39.1 cm³/mol. The van der Waals surface area contributed by atoms with E-state index in [1.165, 1.54) is 4.90 Å². The Hall–Kier alpha value is -0.130. The van der Waals surface area contributed by atoms with Crippen molar-refractivity contribution in [2.45, 2.75) is 12.1 Å². The molecule has 0 radical (unpaired) electrons. The minimum absolute atomic E-state index is 0.0266. The monoisotopic (exact) mass is 178 g/mol. The highest BCUT2D eigenvalue weighted by Gasteiger charge is 2.47. The van der Waals surface area contributed by atoms with Crippen LogP contribution in [-0.2, 0) is 9.84 Å². The number of hydrogen-bond acceptors (Lipinski definition) is 3. The normalized spacial score (nSPS) is 42.6. The lowest BCUT2D eigenvalue weighted by Crippen LogP contribution is -3.00. The molecule has 0 bridgehead atoms. The van der Waals surface area contributed by atoms with E-state index < -0.39 is 15.9 Å². The largest absolute Gasteiger partial charge is 0.386 e. The Morgan fingerprint density at radius 3 is 2.27 bits per heavy atom. The molecule has 2 rings (SSSR count). The first kappa shape index (κ1) is 7.52. The molecular weight excluding hydrogens is 166 g/mol. The first-order valence-electron chi connectivity index (χ1n) is 3.81. The maximum Gasteiger partial charge on any atom is 0.159 e. The number of hydrogen-bond donors (Lipinski definition) is 2. The Kier molecular flexibility index (Phi) is 1.49. The van der Waals surface area contributed by atoms with Gasteiger partial charge in [0.25, 0.3) is 0 Å². The number of quaternary nitrogens is 1. The summed E-state index contributed by atoms with van der Waals surface area (Å²) in [5.41, 5.74) is 0. The first-order valence-corrected chi connectivity index (χ1v) is 5.64. The van der Waals surface area contributed by atoms with Crippen LogP contribution in [0.4, 0.5) is 0 Å². The number of aliphatic hydroxyl groups is 1. The second kappa shape index (κ2) is 2.18. The summed E-state index contributed by atoms with van der Waals surface area (Å²) in [6, 6.07) is -0.0278. The highest BCUT2D eigenvalue weighted by Crippen LogP contribution is 2.10. The second-order valence-electron chi connectivity index (χ2n) is 3.41. The van der Waals surface area contributed by atoms with E-state index in [4.69, 9.17) is 0 Å². The third kappa shape index (κ3) is 1.40. The van der Waals surface area contributed by atoms with Crippen LogP contribution in [0, 0.1) is 0 Å². The lowest BCUT2D eigenvalue weighted by Gasteiger charge is -2.08. The van der Waals surface area contributed by atoms with E-state index in [-0.39, 0.29) is 17.5 Å². The third-order valence-electron chi connectivity index (χ3n) is 2.39. The Morgan fingerprint density at radius 2 is 1.91 bits per heavy atom. The van der Waals surface area contributed by atoms with E-state index >= 15 is 0 Å². The maximum absolute atomic E-state index is 11.0. The van der Waals surface area contributed by atoms with Crippen LogP contribution in [0.15, 0.2) is 0 Å². The molecule has 2 N–H and O–H groups in total. The van der Waals surface area contributed by atoms with Gasteiger partial charge in [-0.2, -0.15) is 0 Å². The van der Waals surface area contributed by atoms with Crippen LogP contribution in [0.5, 0.6) is 0 Å². The van der Waals surface area contributed by atoms with Crippen LogP contribution >= 0.6 is 0 Å². The Balaban J connectivity index is 2.13. The molecule has 2 atom stereocenters. The SMILES string of the molecule is O=S1(=O)C[C@@H](O)[C@H]([NH+]2CC2)C1. The molecule has 0 saturated carbocycles. The quantitative estimate of drug-likeness (QED) is 0.422. The van der Waals surface area contributed by atoms with Crippen LogP contribution in [-0.4, -0.2) is 50.3 Å². The van der Waals surface area contributed by atoms with Gasteiger partial charge >= 0.3 is 0 Å². The predicted octanol–water partition coefficient (Wildman–Crippen LogP) is -2.96. The van der Waals surface area contributed by atoms with Crippen LogP contribution in [0.3, 0.4) is 0 Å². The Morgan fingerprint density at radius 1 is 1.27 bits per heavy atom. The van der Waals surface area contributed by atoms with E-state index in [0.717, 1.165) is 13.1 Å². The van der Waals surface area contributed by atoms with Crippen LogP contribution in [0.2, 0.25) is 0 Å². The van der Waals surface area contributed by atoms with Gasteiger partial charge in [-0.1, -0.05) is 0 Å². The number of rotatable bonds is 1. The fraction of sp³-hybridized carbons (Fsp3) is 1.00. The molecular formula is C6H12NO3S+. The van der Waals surface area contributed by atoms with Gasteiger partial charge in [0.2, 0.25) is 0 Å². The van der Waals surface area contributed by atoms with Gasteiger partial charge in [-0.15, -0.1) is 0 Å². The van der Waals surface area contributed by atoms with E-state index in [0.29, 0.717) is 0 Å². The molecule has 2 aliphatic rings. The van der Waals surface area contributed by atoms with Crippen molar-refractivity contribution < 1.29 is 18.4 Å². The van der Waals surface area contributed by atoms with Crippen LogP contribution in [0.1, 0.15) is 0 Å². The van der Waals surface area contributed by atoms with Crippen molar-refractivity contribution in [2.24, 2.45) is 0 Å². The molecule has 64 valence electrons. The van der Waals surface area contributed by atoms with Gasteiger partial charge in [0, 0.05) is 0 Å². The van der Waals surface area contributed by atoms with E-state index in [9.17, 15) is 13.5 Å². The smallest absolute Gasteiger partial charge is 0.159 e. The zero-order valence-electron chi connectivity index (χ0n) is 6.16. The highest BCUT2D eigenvalue weighted by atomic mass is 32.2. The molecule has 0 aliphatic carbocycles. The van der Waals surface area contributed by atoms with Crippen LogP contribution < -0.4 is 4.90 Å². The zero-order chi connectivity index (χ0) is 8.06. The average molecular weight is 178 g/mol. The molecule has 2 heterocycles. The van der Waals surface area contributed by atoms with E-state index in [2.05, 4.69) is 0 Å². The van der Waals surface area contributed by atoms with Gasteiger partial charge in [-0.25, -0.2) is 8.42 Å². The molecule has 2 aliphatic heterocycles. The van der Waals surface area contributed by atoms with E-state index in [1.54, 1.807) is 0 Å². The zero-order valence-corrected chi connectivity index (χ0v) is 6.97. The summed E-state index contributed by atoms with van der Waals surface area (Å²) in [6.45, 7) is 2.05. The Labute approximate surface area is 65.7 Å². The summed E-state index contributed by atoms with van der Waals surface area (Å²) >= 11 is 0. The fourth-order valence-electron chi connectivity index (χ4n) is 1.66. The van der Waals surface area contributed by atoms with Crippen LogP contribution in [0.25, 0.3) is 0 Å². The van der Waals surface area contributed by atoms with Crippen molar-refractivity contribution in [1.29, 1.82) is 0 Å². The minimum atomic E-state index is -2.92. The molecule has 0 spiro atoms. The molecule has 5 heteroatoms. The van der Waals surface area contributed by atoms with Crippen molar-refractivity contribution in [2.75, 3.05) is 24.6 Å².